The van der Waals surface area contributed by atoms with Gasteiger partial charge < -0.3 is 10.1 Å². The van der Waals surface area contributed by atoms with Crippen molar-refractivity contribution in [2.45, 2.75) is 26.3 Å². The van der Waals surface area contributed by atoms with Crippen molar-refractivity contribution in [3.63, 3.8) is 0 Å². The number of benzene rings is 2. The lowest BCUT2D eigenvalue weighted by Gasteiger charge is -2.12. The third-order valence-corrected chi connectivity index (χ3v) is 5.21. The number of alkyl halides is 3. The number of halogens is 3. The van der Waals surface area contributed by atoms with Gasteiger partial charge in [-0.25, -0.2) is 9.67 Å². The first kappa shape index (κ1) is 23.4. The zero-order valence-corrected chi connectivity index (χ0v) is 18.6. The van der Waals surface area contributed by atoms with Crippen LogP contribution in [0.15, 0.2) is 72.9 Å². The maximum Gasteiger partial charge on any atom is 0.416 e. The molecule has 2 aromatic heterocycles. The van der Waals surface area contributed by atoms with Crippen LogP contribution < -0.4 is 5.32 Å². The van der Waals surface area contributed by atoms with Crippen LogP contribution in [-0.2, 0) is 24.1 Å². The van der Waals surface area contributed by atoms with E-state index >= 15 is 0 Å². The fraction of sp³-hybridized carbons (Fsp3) is 0.240. The molecule has 0 unspecified atom stereocenters. The number of nitrogens with zero attached hydrogens (tertiary/aromatic N) is 4. The van der Waals surface area contributed by atoms with E-state index in [0.29, 0.717) is 41.5 Å². The smallest absolute Gasteiger partial charge is 0.370 e. The quantitative estimate of drug-likeness (QED) is 0.343. The Balaban J connectivity index is 1.65. The van der Waals surface area contributed by atoms with Crippen LogP contribution >= 0.6 is 0 Å². The fourth-order valence-corrected chi connectivity index (χ4v) is 3.56. The van der Waals surface area contributed by atoms with E-state index in [1.165, 1.54) is 11.6 Å². The summed E-state index contributed by atoms with van der Waals surface area (Å²) in [4.78, 5) is 4.38. The van der Waals surface area contributed by atoms with E-state index < -0.39 is 11.7 Å². The van der Waals surface area contributed by atoms with Crippen LogP contribution in [0.5, 0.6) is 0 Å². The molecule has 4 aromatic rings. The third kappa shape index (κ3) is 5.60. The Morgan fingerprint density at radius 3 is 2.56 bits per heavy atom. The molecule has 0 aliphatic heterocycles. The Morgan fingerprint density at radius 2 is 1.79 bits per heavy atom. The molecule has 2 aromatic carbocycles. The third-order valence-electron chi connectivity index (χ3n) is 5.21. The van der Waals surface area contributed by atoms with E-state index in [2.05, 4.69) is 32.7 Å². The molecular formula is C25H24F3N5O. The molecule has 6 nitrogen and oxygen atoms in total. The standard InChI is InChI=1S/C25H24F3N5O/c1-2-34-17-33-24(23(31-32-33)19-9-6-10-21(15-19)25(26,27)28)20-12-14-30-22(16-20)29-13-11-18-7-4-3-5-8-18/h3-10,12,14-16H,2,11,13,17H2,1H3,(H,29,30). The summed E-state index contributed by atoms with van der Waals surface area (Å²) in [7, 11) is 0. The normalized spacial score (nSPS) is 11.5. The monoisotopic (exact) mass is 467 g/mol. The van der Waals surface area contributed by atoms with Gasteiger partial charge in [-0.2, -0.15) is 13.2 Å². The fourth-order valence-electron chi connectivity index (χ4n) is 3.56. The van der Waals surface area contributed by atoms with Gasteiger partial charge in [-0.3, -0.25) is 0 Å². The van der Waals surface area contributed by atoms with Gasteiger partial charge in [0.2, 0.25) is 0 Å². The van der Waals surface area contributed by atoms with Crippen LogP contribution in [0, 0.1) is 0 Å². The minimum atomic E-state index is -4.45. The van der Waals surface area contributed by atoms with Crippen molar-refractivity contribution < 1.29 is 17.9 Å². The molecule has 176 valence electrons. The topological polar surface area (TPSA) is 64.9 Å². The van der Waals surface area contributed by atoms with E-state index in [1.807, 2.05) is 31.2 Å². The Hall–Kier alpha value is -3.72. The summed E-state index contributed by atoms with van der Waals surface area (Å²) in [6.07, 6.45) is -1.98. The van der Waals surface area contributed by atoms with Crippen molar-refractivity contribution in [1.82, 2.24) is 20.0 Å². The van der Waals surface area contributed by atoms with Crippen molar-refractivity contribution in [1.29, 1.82) is 0 Å². The lowest BCUT2D eigenvalue weighted by Crippen LogP contribution is -2.08. The molecule has 1 N–H and O–H groups in total. The van der Waals surface area contributed by atoms with Gasteiger partial charge in [0.05, 0.1) is 11.3 Å². The van der Waals surface area contributed by atoms with Gasteiger partial charge in [-0.1, -0.05) is 47.7 Å². The van der Waals surface area contributed by atoms with Crippen molar-refractivity contribution >= 4 is 5.82 Å². The molecule has 34 heavy (non-hydrogen) atoms. The predicted octanol–water partition coefficient (Wildman–Crippen LogP) is 5.67. The summed E-state index contributed by atoms with van der Waals surface area (Å²) in [5.41, 5.74) is 2.40. The first-order valence-electron chi connectivity index (χ1n) is 10.9. The summed E-state index contributed by atoms with van der Waals surface area (Å²) in [6.45, 7) is 3.11. The first-order valence-corrected chi connectivity index (χ1v) is 10.9. The summed E-state index contributed by atoms with van der Waals surface area (Å²) >= 11 is 0. The first-order chi connectivity index (χ1) is 16.5. The number of hydrogen-bond donors (Lipinski definition) is 1. The van der Waals surface area contributed by atoms with E-state index in [4.69, 9.17) is 4.74 Å². The number of anilines is 1. The van der Waals surface area contributed by atoms with E-state index in [-0.39, 0.29) is 6.73 Å². The molecule has 0 radical (unpaired) electrons. The lowest BCUT2D eigenvalue weighted by molar-refractivity contribution is -0.137. The van der Waals surface area contributed by atoms with Crippen molar-refractivity contribution in [2.24, 2.45) is 0 Å². The maximum atomic E-state index is 13.3. The van der Waals surface area contributed by atoms with Gasteiger partial charge in [0.15, 0.2) is 0 Å². The van der Waals surface area contributed by atoms with Crippen LogP contribution in [0.25, 0.3) is 22.5 Å². The molecule has 0 aliphatic carbocycles. The highest BCUT2D eigenvalue weighted by atomic mass is 19.4. The summed E-state index contributed by atoms with van der Waals surface area (Å²) < 4.78 is 46.9. The molecule has 0 atom stereocenters. The van der Waals surface area contributed by atoms with Gasteiger partial charge in [-0.15, -0.1) is 5.10 Å². The van der Waals surface area contributed by atoms with Crippen LogP contribution in [0.4, 0.5) is 19.0 Å². The molecule has 0 saturated heterocycles. The number of rotatable bonds is 9. The number of pyridine rings is 1. The molecule has 2 heterocycles. The largest absolute Gasteiger partial charge is 0.416 e. The molecule has 0 fully saturated rings. The Labute approximate surface area is 195 Å². The number of aromatic nitrogens is 4. The number of ether oxygens (including phenoxy) is 1. The van der Waals surface area contributed by atoms with Gasteiger partial charge in [0.25, 0.3) is 0 Å². The predicted molar refractivity (Wildman–Crippen MR) is 124 cm³/mol. The van der Waals surface area contributed by atoms with Crippen LogP contribution in [0.3, 0.4) is 0 Å². The number of nitrogens with one attached hydrogen (secondary N) is 1. The van der Waals surface area contributed by atoms with Crippen LogP contribution in [-0.4, -0.2) is 33.1 Å². The summed E-state index contributed by atoms with van der Waals surface area (Å²) in [6, 6.07) is 18.8. The molecule has 0 spiro atoms. The van der Waals surface area contributed by atoms with E-state index in [9.17, 15) is 13.2 Å². The minimum Gasteiger partial charge on any atom is -0.370 e. The van der Waals surface area contributed by atoms with Crippen LogP contribution in [0.1, 0.15) is 18.1 Å². The average molecular weight is 467 g/mol. The van der Waals surface area contributed by atoms with Gasteiger partial charge in [-0.05, 0) is 43.2 Å². The molecule has 0 bridgehead atoms. The zero-order valence-electron chi connectivity index (χ0n) is 18.6. The minimum absolute atomic E-state index is 0.122. The summed E-state index contributed by atoms with van der Waals surface area (Å²) in [5, 5.41) is 11.6. The Morgan fingerprint density at radius 1 is 0.971 bits per heavy atom. The van der Waals surface area contributed by atoms with Crippen molar-refractivity contribution in [2.75, 3.05) is 18.5 Å². The maximum absolute atomic E-state index is 13.3. The van der Waals surface area contributed by atoms with Crippen molar-refractivity contribution in [3.05, 3.63) is 84.1 Å². The molecule has 9 heteroatoms. The highest BCUT2D eigenvalue weighted by Crippen LogP contribution is 2.35. The summed E-state index contributed by atoms with van der Waals surface area (Å²) in [5.74, 6) is 0.646. The molecule has 0 saturated carbocycles. The number of hydrogen-bond acceptors (Lipinski definition) is 5. The molecular weight excluding hydrogens is 443 g/mol. The van der Waals surface area contributed by atoms with Gasteiger partial charge >= 0.3 is 6.18 Å². The van der Waals surface area contributed by atoms with Gasteiger partial charge in [0.1, 0.15) is 18.2 Å². The second-order valence-electron chi connectivity index (χ2n) is 7.58. The Bertz CT molecular complexity index is 1220. The SMILES string of the molecule is CCOCn1nnc(-c2cccc(C(F)(F)F)c2)c1-c1ccnc(NCCc2ccccc2)c1. The zero-order chi connectivity index (χ0) is 24.0. The highest BCUT2D eigenvalue weighted by Gasteiger charge is 2.31. The second-order valence-corrected chi connectivity index (χ2v) is 7.58. The van der Waals surface area contributed by atoms with Crippen molar-refractivity contribution in [3.8, 4) is 22.5 Å². The van der Waals surface area contributed by atoms with Gasteiger partial charge in [0, 0.05) is 30.5 Å². The Kier molecular flexibility index (Phi) is 7.22. The molecule has 0 aliphatic rings. The molecule has 4 rings (SSSR count). The lowest BCUT2D eigenvalue weighted by atomic mass is 10.0. The van der Waals surface area contributed by atoms with Crippen LogP contribution in [0.2, 0.25) is 0 Å². The van der Waals surface area contributed by atoms with E-state index in [1.54, 1.807) is 23.0 Å². The molecule has 0 amide bonds. The second kappa shape index (κ2) is 10.5. The average Bonchev–Trinajstić information content (AvgIpc) is 3.27. The highest BCUT2D eigenvalue weighted by molar-refractivity contribution is 5.79. The van der Waals surface area contributed by atoms with E-state index in [0.717, 1.165) is 18.6 Å².